The highest BCUT2D eigenvalue weighted by molar-refractivity contribution is 5.44. The molecule has 19 heavy (non-hydrogen) atoms. The highest BCUT2D eigenvalue weighted by atomic mass is 16.5. The smallest absolute Gasteiger partial charge is 0.248 e. The van der Waals surface area contributed by atoms with Crippen molar-refractivity contribution in [1.29, 1.82) is 0 Å². The average molecular weight is 261 g/mol. The van der Waals surface area contributed by atoms with E-state index in [0.29, 0.717) is 5.89 Å². The summed E-state index contributed by atoms with van der Waals surface area (Å²) in [4.78, 5) is 12.9. The minimum absolute atomic E-state index is 0.0765. The van der Waals surface area contributed by atoms with Gasteiger partial charge >= 0.3 is 0 Å². The van der Waals surface area contributed by atoms with E-state index >= 15 is 0 Å². The third kappa shape index (κ3) is 3.07. The molecule has 0 aliphatic heterocycles. The summed E-state index contributed by atoms with van der Waals surface area (Å²) < 4.78 is 5.23. The molecule has 2 aromatic heterocycles. The Balaban J connectivity index is 2.18. The molecule has 6 heteroatoms. The zero-order valence-electron chi connectivity index (χ0n) is 11.8. The van der Waals surface area contributed by atoms with Gasteiger partial charge in [0.25, 0.3) is 0 Å². The molecule has 2 rings (SSSR count). The van der Waals surface area contributed by atoms with Crippen LogP contribution in [0.15, 0.2) is 10.7 Å². The van der Waals surface area contributed by atoms with Gasteiger partial charge in [0.05, 0.1) is 0 Å². The number of rotatable bonds is 5. The van der Waals surface area contributed by atoms with Crippen molar-refractivity contribution in [2.75, 3.05) is 5.32 Å². The van der Waals surface area contributed by atoms with Crippen LogP contribution in [0.25, 0.3) is 0 Å². The second-order valence-electron chi connectivity index (χ2n) is 4.41. The highest BCUT2D eigenvalue weighted by Gasteiger charge is 2.15. The van der Waals surface area contributed by atoms with Gasteiger partial charge in [-0.2, -0.15) is 4.98 Å². The van der Waals surface area contributed by atoms with E-state index in [0.717, 1.165) is 35.9 Å². The molecule has 1 atom stereocenters. The Kier molecular flexibility index (Phi) is 4.09. The Morgan fingerprint density at radius 3 is 2.68 bits per heavy atom. The number of hydrogen-bond donors (Lipinski definition) is 1. The Bertz CT molecular complexity index is 552. The van der Waals surface area contributed by atoms with Gasteiger partial charge in [-0.3, -0.25) is 0 Å². The molecule has 0 amide bonds. The van der Waals surface area contributed by atoms with Crippen LogP contribution >= 0.6 is 0 Å². The summed E-state index contributed by atoms with van der Waals surface area (Å²) in [7, 11) is 0. The molecule has 0 unspecified atom stereocenters. The predicted molar refractivity (Wildman–Crippen MR) is 71.9 cm³/mol. The highest BCUT2D eigenvalue weighted by Crippen LogP contribution is 2.19. The van der Waals surface area contributed by atoms with E-state index in [4.69, 9.17) is 4.52 Å². The second kappa shape index (κ2) is 5.77. The second-order valence-corrected chi connectivity index (χ2v) is 4.41. The molecule has 0 aromatic carbocycles. The lowest BCUT2D eigenvalue weighted by Gasteiger charge is -2.13. The molecule has 0 bridgehead atoms. The third-order valence-electron chi connectivity index (χ3n) is 2.89. The van der Waals surface area contributed by atoms with Gasteiger partial charge in [0.1, 0.15) is 17.7 Å². The van der Waals surface area contributed by atoms with Crippen molar-refractivity contribution in [1.82, 2.24) is 20.1 Å². The molecule has 1 N–H and O–H groups in total. The molecule has 0 spiro atoms. The van der Waals surface area contributed by atoms with Crippen molar-refractivity contribution in [2.24, 2.45) is 0 Å². The first-order chi connectivity index (χ1) is 9.13. The van der Waals surface area contributed by atoms with Gasteiger partial charge in [-0.25, -0.2) is 9.97 Å². The topological polar surface area (TPSA) is 76.7 Å². The van der Waals surface area contributed by atoms with Crippen LogP contribution in [-0.2, 0) is 12.8 Å². The quantitative estimate of drug-likeness (QED) is 0.891. The van der Waals surface area contributed by atoms with Gasteiger partial charge < -0.3 is 9.84 Å². The monoisotopic (exact) mass is 261 g/mol. The van der Waals surface area contributed by atoms with Crippen molar-refractivity contribution in [3.05, 3.63) is 29.3 Å². The van der Waals surface area contributed by atoms with Gasteiger partial charge in [0.15, 0.2) is 5.82 Å². The van der Waals surface area contributed by atoms with Crippen molar-refractivity contribution in [3.8, 4) is 0 Å². The molecule has 0 saturated carbocycles. The van der Waals surface area contributed by atoms with Gasteiger partial charge in [-0.15, -0.1) is 0 Å². The number of aryl methyl sites for hydroxylation is 3. The van der Waals surface area contributed by atoms with Gasteiger partial charge in [0, 0.05) is 18.2 Å². The molecule has 6 nitrogen and oxygen atoms in total. The summed E-state index contributed by atoms with van der Waals surface area (Å²) in [6.07, 6.45) is 3.49. The molecule has 0 radical (unpaired) electrons. The van der Waals surface area contributed by atoms with E-state index in [9.17, 15) is 0 Å². The zero-order valence-corrected chi connectivity index (χ0v) is 11.8. The van der Waals surface area contributed by atoms with Crippen LogP contribution in [-0.4, -0.2) is 20.1 Å². The number of nitrogens with one attached hydrogen (secondary N) is 1. The SMILES string of the molecule is CCc1noc([C@H](C)Nc2nc(C)ncc2CC)n1. The first-order valence-corrected chi connectivity index (χ1v) is 6.55. The average Bonchev–Trinajstić information content (AvgIpc) is 2.88. The fourth-order valence-corrected chi connectivity index (χ4v) is 1.73. The first kappa shape index (κ1) is 13.5. The molecule has 0 saturated heterocycles. The largest absolute Gasteiger partial charge is 0.358 e. The Labute approximate surface area is 112 Å². The Morgan fingerprint density at radius 1 is 1.26 bits per heavy atom. The lowest BCUT2D eigenvalue weighted by Crippen LogP contribution is -2.11. The van der Waals surface area contributed by atoms with Crippen LogP contribution in [0.3, 0.4) is 0 Å². The molecule has 0 aliphatic rings. The molecular formula is C13H19N5O. The standard InChI is InChI=1S/C13H19N5O/c1-5-10-7-14-9(4)16-12(10)15-8(3)13-17-11(6-2)18-19-13/h7-8H,5-6H2,1-4H3,(H,14,15,16)/t8-/m0/s1. The maximum absolute atomic E-state index is 5.23. The van der Waals surface area contributed by atoms with Crippen LogP contribution in [0.2, 0.25) is 0 Å². The lowest BCUT2D eigenvalue weighted by molar-refractivity contribution is 0.363. The number of aromatic nitrogens is 4. The Hall–Kier alpha value is -1.98. The Morgan fingerprint density at radius 2 is 2.05 bits per heavy atom. The van der Waals surface area contributed by atoms with Crippen molar-refractivity contribution >= 4 is 5.82 Å². The van der Waals surface area contributed by atoms with Gasteiger partial charge in [-0.1, -0.05) is 19.0 Å². The normalized spacial score (nSPS) is 12.4. The molecule has 2 heterocycles. The fraction of sp³-hybridized carbons (Fsp3) is 0.538. The van der Waals surface area contributed by atoms with Crippen molar-refractivity contribution in [3.63, 3.8) is 0 Å². The number of nitrogens with zero attached hydrogens (tertiary/aromatic N) is 4. The van der Waals surface area contributed by atoms with E-state index in [2.05, 4.69) is 32.3 Å². The fourth-order valence-electron chi connectivity index (χ4n) is 1.73. The van der Waals surface area contributed by atoms with Crippen LogP contribution in [0.4, 0.5) is 5.82 Å². The molecule has 102 valence electrons. The summed E-state index contributed by atoms with van der Waals surface area (Å²) >= 11 is 0. The zero-order chi connectivity index (χ0) is 13.8. The number of anilines is 1. The van der Waals surface area contributed by atoms with Gasteiger partial charge in [-0.05, 0) is 20.3 Å². The van der Waals surface area contributed by atoms with Crippen LogP contribution < -0.4 is 5.32 Å². The first-order valence-electron chi connectivity index (χ1n) is 6.55. The van der Waals surface area contributed by atoms with Crippen LogP contribution in [0.5, 0.6) is 0 Å². The van der Waals surface area contributed by atoms with E-state index in [1.54, 1.807) is 0 Å². The maximum atomic E-state index is 5.23. The van der Waals surface area contributed by atoms with E-state index in [1.165, 1.54) is 0 Å². The molecule has 0 aliphatic carbocycles. The van der Waals surface area contributed by atoms with E-state index in [1.807, 2.05) is 27.0 Å². The molecular weight excluding hydrogens is 242 g/mol. The maximum Gasteiger partial charge on any atom is 0.248 e. The summed E-state index contributed by atoms with van der Waals surface area (Å²) in [5.74, 6) is 2.87. The summed E-state index contributed by atoms with van der Waals surface area (Å²) in [6, 6.07) is -0.0765. The van der Waals surface area contributed by atoms with Crippen molar-refractivity contribution < 1.29 is 4.52 Å². The minimum Gasteiger partial charge on any atom is -0.358 e. The number of hydrogen-bond acceptors (Lipinski definition) is 6. The summed E-state index contributed by atoms with van der Waals surface area (Å²) in [5, 5.41) is 7.21. The summed E-state index contributed by atoms with van der Waals surface area (Å²) in [6.45, 7) is 7.92. The lowest BCUT2D eigenvalue weighted by atomic mass is 10.2. The molecule has 2 aromatic rings. The van der Waals surface area contributed by atoms with Crippen molar-refractivity contribution in [2.45, 2.75) is 46.6 Å². The van der Waals surface area contributed by atoms with Gasteiger partial charge in [0.2, 0.25) is 5.89 Å². The van der Waals surface area contributed by atoms with E-state index in [-0.39, 0.29) is 6.04 Å². The minimum atomic E-state index is -0.0765. The summed E-state index contributed by atoms with van der Waals surface area (Å²) in [5.41, 5.74) is 1.08. The third-order valence-corrected chi connectivity index (χ3v) is 2.89. The van der Waals surface area contributed by atoms with Crippen LogP contribution in [0.1, 0.15) is 49.9 Å². The molecule has 0 fully saturated rings. The van der Waals surface area contributed by atoms with E-state index < -0.39 is 0 Å². The van der Waals surface area contributed by atoms with Crippen LogP contribution in [0, 0.1) is 6.92 Å². The predicted octanol–water partition coefficient (Wildman–Crippen LogP) is 2.47.